The molecule has 0 radical (unpaired) electrons. The molecular formula is C18H20N6. The van der Waals surface area contributed by atoms with E-state index >= 15 is 0 Å². The molecule has 1 aliphatic rings. The van der Waals surface area contributed by atoms with Gasteiger partial charge in [-0.1, -0.05) is 6.92 Å². The van der Waals surface area contributed by atoms with Crippen molar-refractivity contribution in [2.24, 2.45) is 0 Å². The lowest BCUT2D eigenvalue weighted by Gasteiger charge is -2.11. The Morgan fingerprint density at radius 3 is 2.92 bits per heavy atom. The van der Waals surface area contributed by atoms with Crippen LogP contribution in [0.4, 0.5) is 11.6 Å². The molecule has 24 heavy (non-hydrogen) atoms. The monoisotopic (exact) mass is 320 g/mol. The summed E-state index contributed by atoms with van der Waals surface area (Å²) in [5.41, 5.74) is 15.6. The van der Waals surface area contributed by atoms with Gasteiger partial charge in [0.1, 0.15) is 11.6 Å². The number of pyridine rings is 3. The van der Waals surface area contributed by atoms with Gasteiger partial charge in [0.2, 0.25) is 0 Å². The van der Waals surface area contributed by atoms with E-state index in [0.717, 1.165) is 34.3 Å². The van der Waals surface area contributed by atoms with E-state index in [1.807, 2.05) is 30.6 Å². The molecule has 6 heteroatoms. The van der Waals surface area contributed by atoms with Gasteiger partial charge in [-0.25, -0.2) is 15.4 Å². The Morgan fingerprint density at radius 2 is 2.12 bits per heavy atom. The predicted octanol–water partition coefficient (Wildman–Crippen LogP) is 2.92. The Labute approximate surface area is 140 Å². The summed E-state index contributed by atoms with van der Waals surface area (Å²) in [7, 11) is 0. The minimum Gasteiger partial charge on any atom is -0.383 e. The molecule has 1 saturated carbocycles. The zero-order valence-electron chi connectivity index (χ0n) is 13.6. The van der Waals surface area contributed by atoms with Gasteiger partial charge >= 0.3 is 0 Å². The van der Waals surface area contributed by atoms with Crippen molar-refractivity contribution >= 4 is 22.4 Å². The molecule has 0 bridgehead atoms. The Kier molecular flexibility index (Phi) is 3.74. The fourth-order valence-corrected chi connectivity index (χ4v) is 2.75. The van der Waals surface area contributed by atoms with E-state index in [9.17, 15) is 0 Å². The smallest absolute Gasteiger partial charge is 0.140 e. The van der Waals surface area contributed by atoms with Gasteiger partial charge in [-0.15, -0.1) is 0 Å². The molecule has 1 aliphatic carbocycles. The zero-order valence-corrected chi connectivity index (χ0v) is 13.6. The van der Waals surface area contributed by atoms with Crippen LogP contribution in [0.15, 0.2) is 36.8 Å². The summed E-state index contributed by atoms with van der Waals surface area (Å²) in [5.74, 6) is 1.27. The number of nitrogens with two attached hydrogens (primary N) is 1. The van der Waals surface area contributed by atoms with Crippen molar-refractivity contribution < 1.29 is 0 Å². The molecule has 0 unspecified atom stereocenters. The normalized spacial score (nSPS) is 14.0. The van der Waals surface area contributed by atoms with Gasteiger partial charge in [0.15, 0.2) is 0 Å². The molecule has 3 aromatic rings. The number of nitrogens with one attached hydrogen (secondary N) is 2. The van der Waals surface area contributed by atoms with Crippen molar-refractivity contribution in [3.05, 3.63) is 42.4 Å². The number of fused-ring (bicyclic) bond motifs is 1. The van der Waals surface area contributed by atoms with Crippen molar-refractivity contribution in [1.82, 2.24) is 20.4 Å². The molecular weight excluding hydrogens is 300 g/mol. The third kappa shape index (κ3) is 2.88. The van der Waals surface area contributed by atoms with Crippen LogP contribution < -0.4 is 16.6 Å². The molecule has 4 rings (SSSR count). The highest BCUT2D eigenvalue weighted by molar-refractivity contribution is 5.94. The summed E-state index contributed by atoms with van der Waals surface area (Å²) in [6, 6.07) is 6.62. The lowest BCUT2D eigenvalue weighted by molar-refractivity contribution is 0.788. The van der Waals surface area contributed by atoms with Crippen LogP contribution in [0.5, 0.6) is 0 Å². The Hall–Kier alpha value is -2.73. The third-order valence-electron chi connectivity index (χ3n) is 4.29. The summed E-state index contributed by atoms with van der Waals surface area (Å²) in [5, 5.41) is 1.87. The lowest BCUT2D eigenvalue weighted by Crippen LogP contribution is -2.24. The second-order valence-electron chi connectivity index (χ2n) is 6.11. The minimum atomic E-state index is 0.489. The molecule has 0 atom stereocenters. The van der Waals surface area contributed by atoms with E-state index in [4.69, 9.17) is 5.73 Å². The van der Waals surface area contributed by atoms with Crippen LogP contribution in [-0.2, 0) is 6.42 Å². The summed E-state index contributed by atoms with van der Waals surface area (Å²) in [4.78, 5) is 13.2. The standard InChI is InChI=1S/C18H20N6/c1-2-11-5-6-20-9-14(11)16-7-12-8-17(24-23-13-3-4-13)21-10-15(12)18(19)22-16/h5-10,13,23H,2-4H2,1H3,(H2,19,22)(H,21,24). The molecule has 0 amide bonds. The van der Waals surface area contributed by atoms with Gasteiger partial charge < -0.3 is 11.2 Å². The fourth-order valence-electron chi connectivity index (χ4n) is 2.75. The average molecular weight is 320 g/mol. The van der Waals surface area contributed by atoms with Crippen LogP contribution in [0.3, 0.4) is 0 Å². The highest BCUT2D eigenvalue weighted by Crippen LogP contribution is 2.29. The van der Waals surface area contributed by atoms with Gasteiger partial charge in [0.05, 0.1) is 5.69 Å². The molecule has 0 saturated heterocycles. The zero-order chi connectivity index (χ0) is 16.5. The van der Waals surface area contributed by atoms with Gasteiger partial charge in [0.25, 0.3) is 0 Å². The topological polar surface area (TPSA) is 88.8 Å². The maximum atomic E-state index is 6.16. The quantitative estimate of drug-likeness (QED) is 0.626. The maximum absolute atomic E-state index is 6.16. The molecule has 1 fully saturated rings. The van der Waals surface area contributed by atoms with E-state index in [0.29, 0.717) is 11.9 Å². The fraction of sp³-hybridized carbons (Fsp3) is 0.278. The molecule has 122 valence electrons. The van der Waals surface area contributed by atoms with Gasteiger partial charge in [0, 0.05) is 35.6 Å². The SMILES string of the molecule is CCc1ccncc1-c1cc2cc(NNC3CC3)ncc2c(N)n1. The third-order valence-corrected chi connectivity index (χ3v) is 4.29. The number of hydrogen-bond acceptors (Lipinski definition) is 6. The van der Waals surface area contributed by atoms with Crippen molar-refractivity contribution in [2.45, 2.75) is 32.2 Å². The first-order chi connectivity index (χ1) is 11.7. The minimum absolute atomic E-state index is 0.489. The summed E-state index contributed by atoms with van der Waals surface area (Å²) >= 11 is 0. The predicted molar refractivity (Wildman–Crippen MR) is 96.3 cm³/mol. The van der Waals surface area contributed by atoms with E-state index < -0.39 is 0 Å². The number of hydrogen-bond donors (Lipinski definition) is 3. The number of hydrazine groups is 1. The van der Waals surface area contributed by atoms with Gasteiger partial charge in [-0.05, 0) is 48.4 Å². The molecule has 0 spiro atoms. The first-order valence-corrected chi connectivity index (χ1v) is 8.25. The van der Waals surface area contributed by atoms with Crippen molar-refractivity contribution in [2.75, 3.05) is 11.2 Å². The molecule has 3 heterocycles. The summed E-state index contributed by atoms with van der Waals surface area (Å²) in [6.45, 7) is 2.12. The van der Waals surface area contributed by atoms with E-state index in [1.54, 1.807) is 6.20 Å². The second kappa shape index (κ2) is 6.05. The van der Waals surface area contributed by atoms with Crippen LogP contribution in [0.2, 0.25) is 0 Å². The van der Waals surface area contributed by atoms with Crippen LogP contribution >= 0.6 is 0 Å². The highest BCUT2D eigenvalue weighted by atomic mass is 15.4. The van der Waals surface area contributed by atoms with Crippen LogP contribution in [0.25, 0.3) is 22.0 Å². The number of nitrogen functional groups attached to an aromatic ring is 1. The molecule has 0 aliphatic heterocycles. The number of rotatable bonds is 5. The van der Waals surface area contributed by atoms with E-state index in [1.165, 1.54) is 18.4 Å². The maximum Gasteiger partial charge on any atom is 0.140 e. The van der Waals surface area contributed by atoms with Crippen molar-refractivity contribution in [3.63, 3.8) is 0 Å². The highest BCUT2D eigenvalue weighted by Gasteiger charge is 2.20. The van der Waals surface area contributed by atoms with E-state index in [2.05, 4.69) is 32.7 Å². The molecule has 6 nitrogen and oxygen atoms in total. The largest absolute Gasteiger partial charge is 0.383 e. The van der Waals surface area contributed by atoms with Crippen molar-refractivity contribution in [1.29, 1.82) is 0 Å². The number of aryl methyl sites for hydroxylation is 1. The molecule has 0 aromatic carbocycles. The van der Waals surface area contributed by atoms with E-state index in [-0.39, 0.29) is 0 Å². The van der Waals surface area contributed by atoms with Gasteiger partial charge in [-0.2, -0.15) is 0 Å². The van der Waals surface area contributed by atoms with Crippen LogP contribution in [0.1, 0.15) is 25.3 Å². The number of anilines is 2. The summed E-state index contributed by atoms with van der Waals surface area (Å²) in [6.07, 6.45) is 8.77. The first kappa shape index (κ1) is 14.8. The van der Waals surface area contributed by atoms with Crippen LogP contribution in [0, 0.1) is 0 Å². The molecule has 4 N–H and O–H groups in total. The Balaban J connectivity index is 1.76. The Bertz CT molecular complexity index is 888. The second-order valence-corrected chi connectivity index (χ2v) is 6.11. The average Bonchev–Trinajstić information content (AvgIpc) is 3.44. The Morgan fingerprint density at radius 1 is 1.25 bits per heavy atom. The van der Waals surface area contributed by atoms with Crippen molar-refractivity contribution in [3.8, 4) is 11.3 Å². The number of nitrogens with zero attached hydrogens (tertiary/aromatic N) is 3. The number of aromatic nitrogens is 3. The first-order valence-electron chi connectivity index (χ1n) is 8.25. The summed E-state index contributed by atoms with van der Waals surface area (Å²) < 4.78 is 0. The van der Waals surface area contributed by atoms with Gasteiger partial charge in [-0.3, -0.25) is 4.98 Å². The lowest BCUT2D eigenvalue weighted by atomic mass is 10.0. The molecule has 3 aromatic heterocycles. The van der Waals surface area contributed by atoms with Crippen LogP contribution in [-0.4, -0.2) is 21.0 Å².